The second-order valence-electron chi connectivity index (χ2n) is 3.09. The largest absolute Gasteiger partial charge is 0.465 e. The van der Waals surface area contributed by atoms with Gasteiger partial charge in [-0.05, 0) is 35.0 Å². The summed E-state index contributed by atoms with van der Waals surface area (Å²) in [6.45, 7) is 2.54. The monoisotopic (exact) mass is 267 g/mol. The third-order valence-electron chi connectivity index (χ3n) is 1.89. The van der Waals surface area contributed by atoms with Gasteiger partial charge in [-0.25, -0.2) is 9.97 Å². The van der Waals surface area contributed by atoms with Crippen LogP contribution >= 0.6 is 15.9 Å². The summed E-state index contributed by atoms with van der Waals surface area (Å²) in [7, 11) is 0. The van der Waals surface area contributed by atoms with E-state index in [0.717, 1.165) is 21.8 Å². The van der Waals surface area contributed by atoms with Crippen molar-refractivity contribution in [1.29, 1.82) is 0 Å². The quantitative estimate of drug-likeness (QED) is 0.929. The van der Waals surface area contributed by atoms with Gasteiger partial charge < -0.3 is 9.73 Å². The molecule has 0 unspecified atom stereocenters. The number of rotatable bonds is 3. The summed E-state index contributed by atoms with van der Waals surface area (Å²) in [4.78, 5) is 7.97. The molecule has 0 atom stereocenters. The van der Waals surface area contributed by atoms with Crippen molar-refractivity contribution in [1.82, 2.24) is 9.97 Å². The molecule has 0 aromatic carbocycles. The number of aromatic nitrogens is 2. The van der Waals surface area contributed by atoms with Crippen LogP contribution in [0.25, 0.3) is 0 Å². The molecule has 0 aliphatic heterocycles. The predicted octanol–water partition coefficient (Wildman–Crippen LogP) is 2.75. The van der Waals surface area contributed by atoms with Crippen LogP contribution in [0.5, 0.6) is 0 Å². The van der Waals surface area contributed by atoms with E-state index in [2.05, 4.69) is 31.2 Å². The lowest BCUT2D eigenvalue weighted by Gasteiger charge is -2.04. The molecule has 1 N–H and O–H groups in total. The van der Waals surface area contributed by atoms with E-state index < -0.39 is 0 Å². The summed E-state index contributed by atoms with van der Waals surface area (Å²) in [6, 6.07) is 3.88. The van der Waals surface area contributed by atoms with Crippen LogP contribution in [0.4, 0.5) is 5.82 Å². The molecule has 0 bridgehead atoms. The first kappa shape index (κ1) is 10.2. The molecule has 2 aromatic heterocycles. The average molecular weight is 268 g/mol. The van der Waals surface area contributed by atoms with Crippen LogP contribution in [0.3, 0.4) is 0 Å². The first-order chi connectivity index (χ1) is 7.25. The van der Waals surface area contributed by atoms with Gasteiger partial charge in [0.1, 0.15) is 23.7 Å². The van der Waals surface area contributed by atoms with Crippen molar-refractivity contribution < 1.29 is 4.42 Å². The zero-order valence-corrected chi connectivity index (χ0v) is 9.78. The molecule has 0 saturated heterocycles. The summed E-state index contributed by atoms with van der Waals surface area (Å²) < 4.78 is 6.26. The number of anilines is 1. The van der Waals surface area contributed by atoms with Crippen molar-refractivity contribution in [3.8, 4) is 0 Å². The highest BCUT2D eigenvalue weighted by atomic mass is 79.9. The summed E-state index contributed by atoms with van der Waals surface area (Å²) in [5, 5.41) is 3.15. The number of nitrogens with one attached hydrogen (secondary N) is 1. The van der Waals surface area contributed by atoms with E-state index in [1.165, 1.54) is 6.33 Å². The molecule has 0 aliphatic carbocycles. The summed E-state index contributed by atoms with van der Waals surface area (Å²) in [5.41, 5.74) is 0. The number of nitrogens with zero attached hydrogens (tertiary/aromatic N) is 2. The van der Waals surface area contributed by atoms with E-state index in [1.54, 1.807) is 6.20 Å². The lowest BCUT2D eigenvalue weighted by molar-refractivity contribution is 0.490. The van der Waals surface area contributed by atoms with Crippen molar-refractivity contribution in [3.05, 3.63) is 40.7 Å². The van der Waals surface area contributed by atoms with E-state index in [4.69, 9.17) is 4.42 Å². The highest BCUT2D eigenvalue weighted by Gasteiger charge is 2.02. The van der Waals surface area contributed by atoms with Crippen molar-refractivity contribution in [2.45, 2.75) is 13.5 Å². The van der Waals surface area contributed by atoms with Gasteiger partial charge in [0.2, 0.25) is 0 Å². The Morgan fingerprint density at radius 1 is 1.47 bits per heavy atom. The normalized spacial score (nSPS) is 10.3. The fourth-order valence-electron chi connectivity index (χ4n) is 1.19. The number of hydrogen-bond acceptors (Lipinski definition) is 4. The van der Waals surface area contributed by atoms with Gasteiger partial charge in [0, 0.05) is 6.20 Å². The van der Waals surface area contributed by atoms with Crippen molar-refractivity contribution in [3.63, 3.8) is 0 Å². The molecule has 0 spiro atoms. The number of hydrogen-bond donors (Lipinski definition) is 1. The predicted molar refractivity (Wildman–Crippen MR) is 60.5 cm³/mol. The fraction of sp³-hybridized carbons (Fsp3) is 0.200. The Balaban J connectivity index is 2.02. The third-order valence-corrected chi connectivity index (χ3v) is 2.47. The lowest BCUT2D eigenvalue weighted by Crippen LogP contribution is -2.01. The van der Waals surface area contributed by atoms with Crippen molar-refractivity contribution in [2.75, 3.05) is 5.32 Å². The second-order valence-corrected chi connectivity index (χ2v) is 3.94. The minimum atomic E-state index is 0.615. The van der Waals surface area contributed by atoms with Gasteiger partial charge in [-0.1, -0.05) is 0 Å². The van der Waals surface area contributed by atoms with Gasteiger partial charge >= 0.3 is 0 Å². The molecule has 0 amide bonds. The van der Waals surface area contributed by atoms with Gasteiger partial charge in [0.25, 0.3) is 0 Å². The van der Waals surface area contributed by atoms with Crippen LogP contribution in [-0.4, -0.2) is 9.97 Å². The van der Waals surface area contributed by atoms with Crippen LogP contribution in [0.1, 0.15) is 11.5 Å². The van der Waals surface area contributed by atoms with Crippen molar-refractivity contribution in [2.24, 2.45) is 0 Å². The maximum absolute atomic E-state index is 5.42. The maximum Gasteiger partial charge on any atom is 0.144 e. The van der Waals surface area contributed by atoms with Gasteiger partial charge in [0.15, 0.2) is 0 Å². The summed E-state index contributed by atoms with van der Waals surface area (Å²) in [6.07, 6.45) is 3.20. The highest BCUT2D eigenvalue weighted by molar-refractivity contribution is 9.10. The van der Waals surface area contributed by atoms with Crippen molar-refractivity contribution >= 4 is 21.7 Å². The molecule has 2 heterocycles. The van der Waals surface area contributed by atoms with Gasteiger partial charge in [0.05, 0.1) is 11.0 Å². The molecule has 0 saturated carbocycles. The first-order valence-electron chi connectivity index (χ1n) is 4.50. The second kappa shape index (κ2) is 4.44. The lowest BCUT2D eigenvalue weighted by atomic mass is 10.4. The van der Waals surface area contributed by atoms with E-state index in [-0.39, 0.29) is 0 Å². The van der Waals surface area contributed by atoms with E-state index in [9.17, 15) is 0 Å². The molecule has 4 nitrogen and oxygen atoms in total. The molecule has 2 aromatic rings. The van der Waals surface area contributed by atoms with E-state index >= 15 is 0 Å². The molecule has 0 radical (unpaired) electrons. The van der Waals surface area contributed by atoms with E-state index in [1.807, 2.05) is 19.1 Å². The standard InChI is InChI=1S/C10H10BrN3O/c1-7-2-3-8(15-7)4-13-10-9(11)5-12-6-14-10/h2-3,5-6H,4H2,1H3,(H,12,13,14). The third kappa shape index (κ3) is 2.56. The highest BCUT2D eigenvalue weighted by Crippen LogP contribution is 2.18. The summed E-state index contributed by atoms with van der Waals surface area (Å²) in [5.74, 6) is 2.56. The van der Waals surface area contributed by atoms with Crippen LogP contribution in [-0.2, 0) is 6.54 Å². The maximum atomic E-state index is 5.42. The van der Waals surface area contributed by atoms with Crippen LogP contribution in [0, 0.1) is 6.92 Å². The minimum absolute atomic E-state index is 0.615. The topological polar surface area (TPSA) is 51.0 Å². The molecular weight excluding hydrogens is 258 g/mol. The molecule has 0 fully saturated rings. The molecule has 5 heteroatoms. The minimum Gasteiger partial charge on any atom is -0.465 e. The van der Waals surface area contributed by atoms with Crippen LogP contribution in [0.15, 0.2) is 33.5 Å². The van der Waals surface area contributed by atoms with Gasteiger partial charge in [-0.2, -0.15) is 0 Å². The molecule has 2 rings (SSSR count). The first-order valence-corrected chi connectivity index (χ1v) is 5.29. The Morgan fingerprint density at radius 3 is 3.00 bits per heavy atom. The number of aryl methyl sites for hydroxylation is 1. The zero-order chi connectivity index (χ0) is 10.7. The Labute approximate surface area is 95.9 Å². The van der Waals surface area contributed by atoms with E-state index in [0.29, 0.717) is 6.54 Å². The Kier molecular flexibility index (Phi) is 3.01. The Morgan fingerprint density at radius 2 is 2.33 bits per heavy atom. The zero-order valence-electron chi connectivity index (χ0n) is 8.20. The molecular formula is C10H10BrN3O. The van der Waals surface area contributed by atoms with Gasteiger partial charge in [-0.3, -0.25) is 0 Å². The SMILES string of the molecule is Cc1ccc(CNc2ncncc2Br)o1. The molecule has 0 aliphatic rings. The summed E-state index contributed by atoms with van der Waals surface area (Å²) >= 11 is 3.36. The molecule has 15 heavy (non-hydrogen) atoms. The Bertz CT molecular complexity index is 455. The molecule has 78 valence electrons. The Hall–Kier alpha value is -1.36. The van der Waals surface area contributed by atoms with Crippen LogP contribution < -0.4 is 5.32 Å². The van der Waals surface area contributed by atoms with Gasteiger partial charge in [-0.15, -0.1) is 0 Å². The fourth-order valence-corrected chi connectivity index (χ4v) is 1.55. The average Bonchev–Trinajstić information content (AvgIpc) is 2.63. The smallest absolute Gasteiger partial charge is 0.144 e. The van der Waals surface area contributed by atoms with Crippen LogP contribution in [0.2, 0.25) is 0 Å². The number of furan rings is 1. The number of halogens is 1.